The van der Waals surface area contributed by atoms with Gasteiger partial charge < -0.3 is 19.7 Å². The van der Waals surface area contributed by atoms with E-state index < -0.39 is 40.3 Å². The van der Waals surface area contributed by atoms with Gasteiger partial charge >= 0.3 is 16.3 Å². The molecule has 0 fully saturated rings. The molecule has 0 saturated heterocycles. The number of hydrogen-bond acceptors (Lipinski definition) is 10. The van der Waals surface area contributed by atoms with Crippen LogP contribution in [0.3, 0.4) is 0 Å². The van der Waals surface area contributed by atoms with Crippen molar-refractivity contribution in [2.45, 2.75) is 57.6 Å². The number of ether oxygens (including phenoxy) is 2. The number of thiazole rings is 1. The van der Waals surface area contributed by atoms with Crippen molar-refractivity contribution in [3.8, 4) is 0 Å². The second-order valence-corrected chi connectivity index (χ2v) is 10.6. The number of anilines is 1. The molecular weight excluding hydrogens is 486 g/mol. The average molecular weight is 518 g/mol. The second-order valence-electron chi connectivity index (χ2n) is 8.56. The Morgan fingerprint density at radius 3 is 2.38 bits per heavy atom. The summed E-state index contributed by atoms with van der Waals surface area (Å²) < 4.78 is 43.1. The molecule has 34 heavy (non-hydrogen) atoms. The van der Waals surface area contributed by atoms with Crippen LogP contribution in [-0.4, -0.2) is 65.9 Å². The summed E-state index contributed by atoms with van der Waals surface area (Å²) in [5.74, 6) is -1.19. The van der Waals surface area contributed by atoms with E-state index in [2.05, 4.69) is 10.3 Å². The summed E-state index contributed by atoms with van der Waals surface area (Å²) in [6, 6.07) is 6.21. The molecule has 0 unspecified atom stereocenters. The topological polar surface area (TPSA) is 167 Å². The van der Waals surface area contributed by atoms with Gasteiger partial charge in [-0.3, -0.25) is 19.4 Å². The zero-order chi connectivity index (χ0) is 25.5. The number of aliphatic hydroxyl groups excluding tert-OH is 2. The first-order chi connectivity index (χ1) is 15.8. The number of benzene rings is 1. The number of aromatic nitrogens is 1. The van der Waals surface area contributed by atoms with Crippen LogP contribution in [0.25, 0.3) is 0 Å². The predicted molar refractivity (Wildman–Crippen MR) is 127 cm³/mol. The highest BCUT2D eigenvalue weighted by Crippen LogP contribution is 2.28. The van der Waals surface area contributed by atoms with E-state index in [1.54, 1.807) is 38.3 Å². The summed E-state index contributed by atoms with van der Waals surface area (Å²) in [5, 5.41) is 24.5. The van der Waals surface area contributed by atoms with Gasteiger partial charge in [0, 0.05) is 25.5 Å². The zero-order valence-electron chi connectivity index (χ0n) is 19.4. The lowest BCUT2D eigenvalue weighted by Crippen LogP contribution is -2.37. The summed E-state index contributed by atoms with van der Waals surface area (Å²) in [6.07, 6.45) is -1.61. The predicted octanol–water partition coefficient (Wildman–Crippen LogP) is 1.44. The molecule has 2 rings (SSSR count). The van der Waals surface area contributed by atoms with Gasteiger partial charge in [-0.05, 0) is 44.9 Å². The molecule has 0 aliphatic heterocycles. The SMILES string of the molecule is CO[C@H](O)CN[C@@H](O)Cc1csc([C@@H](Cc2ccc(NS(=O)(=O)O)cc2)C(=O)OC(C)(C)C)n1. The molecule has 0 aliphatic rings. The number of nitrogens with zero attached hydrogens (tertiary/aromatic N) is 1. The molecule has 13 heteroatoms. The van der Waals surface area contributed by atoms with Gasteiger partial charge in [-0.25, -0.2) is 4.98 Å². The average Bonchev–Trinajstić information content (AvgIpc) is 3.16. The summed E-state index contributed by atoms with van der Waals surface area (Å²) in [4.78, 5) is 17.5. The van der Waals surface area contributed by atoms with E-state index in [4.69, 9.17) is 14.0 Å². The second kappa shape index (κ2) is 12.0. The van der Waals surface area contributed by atoms with Crippen LogP contribution in [-0.2, 0) is 37.4 Å². The van der Waals surface area contributed by atoms with Gasteiger partial charge in [0.2, 0.25) is 0 Å². The van der Waals surface area contributed by atoms with Crippen molar-refractivity contribution in [1.29, 1.82) is 0 Å². The van der Waals surface area contributed by atoms with Crippen LogP contribution < -0.4 is 10.0 Å². The Morgan fingerprint density at radius 2 is 1.82 bits per heavy atom. The summed E-state index contributed by atoms with van der Waals surface area (Å²) >= 11 is 1.26. The van der Waals surface area contributed by atoms with Crippen molar-refractivity contribution in [3.63, 3.8) is 0 Å². The first kappa shape index (κ1) is 28.1. The molecule has 0 bridgehead atoms. The zero-order valence-corrected chi connectivity index (χ0v) is 21.0. The Kier molecular flexibility index (Phi) is 9.94. The number of carbonyl (C=O) groups is 1. The maximum Gasteiger partial charge on any atom is 0.357 e. The van der Waals surface area contributed by atoms with Crippen LogP contribution in [0.4, 0.5) is 5.69 Å². The van der Waals surface area contributed by atoms with E-state index in [0.717, 1.165) is 5.56 Å². The van der Waals surface area contributed by atoms with Crippen molar-refractivity contribution in [2.24, 2.45) is 0 Å². The summed E-state index contributed by atoms with van der Waals surface area (Å²) in [7, 11) is -3.04. The van der Waals surface area contributed by atoms with Gasteiger partial charge in [-0.2, -0.15) is 8.42 Å². The molecule has 0 radical (unpaired) electrons. The van der Waals surface area contributed by atoms with E-state index >= 15 is 0 Å². The lowest BCUT2D eigenvalue weighted by molar-refractivity contribution is -0.156. The number of esters is 1. The molecule has 0 spiro atoms. The fourth-order valence-electron chi connectivity index (χ4n) is 2.90. The fourth-order valence-corrected chi connectivity index (χ4v) is 4.26. The molecule has 0 amide bonds. The standard InChI is InChI=1S/C21H31N3O8S2/c1-21(2,3)32-20(27)16(9-13-5-7-14(8-6-13)24-34(28,29)30)19-23-15(12-33-19)10-17(25)22-11-18(26)31-4/h5-8,12,16-18,22,24-26H,9-11H2,1-4H3,(H,28,29,30)/t16-,17+,18+/m1/s1. The molecular formula is C21H31N3O8S2. The van der Waals surface area contributed by atoms with E-state index in [1.807, 2.05) is 4.72 Å². The van der Waals surface area contributed by atoms with E-state index in [9.17, 15) is 23.4 Å². The normalized spacial score (nSPS) is 14.9. The molecule has 0 aliphatic carbocycles. The van der Waals surface area contributed by atoms with Crippen LogP contribution in [0.5, 0.6) is 0 Å². The Hall–Kier alpha value is -2.13. The van der Waals surface area contributed by atoms with Gasteiger partial charge in [-0.15, -0.1) is 11.3 Å². The molecule has 1 aromatic heterocycles. The highest BCUT2D eigenvalue weighted by atomic mass is 32.2. The van der Waals surface area contributed by atoms with Gasteiger partial charge in [-0.1, -0.05) is 12.1 Å². The Morgan fingerprint density at radius 1 is 1.18 bits per heavy atom. The number of rotatable bonds is 12. The number of nitrogens with one attached hydrogen (secondary N) is 2. The van der Waals surface area contributed by atoms with E-state index in [1.165, 1.54) is 30.6 Å². The van der Waals surface area contributed by atoms with Gasteiger partial charge in [0.25, 0.3) is 0 Å². The maximum absolute atomic E-state index is 13.0. The van der Waals surface area contributed by atoms with Gasteiger partial charge in [0.1, 0.15) is 22.8 Å². The summed E-state index contributed by atoms with van der Waals surface area (Å²) in [6.45, 7) is 5.34. The third-order valence-corrected chi connectivity index (χ3v) is 5.90. The molecule has 0 saturated carbocycles. The van der Waals surface area contributed by atoms with Crippen LogP contribution in [0, 0.1) is 0 Å². The fraction of sp³-hybridized carbons (Fsp3) is 0.524. The Balaban J connectivity index is 2.17. The van der Waals surface area contributed by atoms with Crippen molar-refractivity contribution in [1.82, 2.24) is 10.3 Å². The smallest absolute Gasteiger partial charge is 0.357 e. The van der Waals surface area contributed by atoms with Crippen LogP contribution in [0.2, 0.25) is 0 Å². The lowest BCUT2D eigenvalue weighted by atomic mass is 9.99. The molecule has 11 nitrogen and oxygen atoms in total. The van der Waals surface area contributed by atoms with Gasteiger partial charge in [0.05, 0.1) is 11.4 Å². The highest BCUT2D eigenvalue weighted by molar-refractivity contribution is 7.87. The molecule has 190 valence electrons. The number of hydrogen-bond donors (Lipinski definition) is 5. The third-order valence-electron chi connectivity index (χ3n) is 4.40. The van der Waals surface area contributed by atoms with Crippen LogP contribution in [0.1, 0.15) is 43.0 Å². The number of methoxy groups -OCH3 is 1. The molecule has 1 aromatic carbocycles. The van der Waals surface area contributed by atoms with Crippen molar-refractivity contribution >= 4 is 33.3 Å². The monoisotopic (exact) mass is 517 g/mol. The molecule has 1 heterocycles. The minimum atomic E-state index is -4.39. The van der Waals surface area contributed by atoms with E-state index in [0.29, 0.717) is 10.7 Å². The van der Waals surface area contributed by atoms with Crippen molar-refractivity contribution < 1.29 is 37.5 Å². The lowest BCUT2D eigenvalue weighted by Gasteiger charge is -2.23. The van der Waals surface area contributed by atoms with Gasteiger partial charge in [0.15, 0.2) is 6.29 Å². The maximum atomic E-state index is 13.0. The van der Waals surface area contributed by atoms with Crippen molar-refractivity contribution in [3.05, 3.63) is 45.9 Å². The highest BCUT2D eigenvalue weighted by Gasteiger charge is 2.29. The largest absolute Gasteiger partial charge is 0.459 e. The number of aliphatic hydroxyl groups is 2. The molecule has 5 N–H and O–H groups in total. The Labute approximate surface area is 203 Å². The minimum Gasteiger partial charge on any atom is -0.459 e. The molecule has 2 aromatic rings. The Bertz CT molecular complexity index is 1040. The van der Waals surface area contributed by atoms with Crippen LogP contribution >= 0.6 is 11.3 Å². The third kappa shape index (κ3) is 10.0. The summed E-state index contributed by atoms with van der Waals surface area (Å²) in [5.41, 5.74) is 0.759. The first-order valence-corrected chi connectivity index (χ1v) is 12.7. The minimum absolute atomic E-state index is 0.0393. The van der Waals surface area contributed by atoms with E-state index in [-0.39, 0.29) is 25.1 Å². The number of carbonyl (C=O) groups excluding carboxylic acids is 1. The van der Waals surface area contributed by atoms with Crippen LogP contribution in [0.15, 0.2) is 29.6 Å². The quantitative estimate of drug-likeness (QED) is 0.158. The molecule has 3 atom stereocenters. The van der Waals surface area contributed by atoms with Crippen molar-refractivity contribution in [2.75, 3.05) is 18.4 Å². The first-order valence-electron chi connectivity index (χ1n) is 10.4.